The molecular weight excluding hydrogens is 416 g/mol. The molecule has 0 saturated heterocycles. The van der Waals surface area contributed by atoms with Gasteiger partial charge in [0.1, 0.15) is 5.75 Å². The molecule has 2 N–H and O–H groups in total. The maximum Gasteiger partial charge on any atom is 0.251 e. The van der Waals surface area contributed by atoms with Gasteiger partial charge in [0.25, 0.3) is 5.91 Å². The van der Waals surface area contributed by atoms with Gasteiger partial charge in [-0.15, -0.1) is 0 Å². The Balaban J connectivity index is 1.66. The first-order valence-corrected chi connectivity index (χ1v) is 10.9. The molecule has 6 nitrogen and oxygen atoms in total. The minimum Gasteiger partial charge on any atom is -0.497 e. The molecule has 4 rings (SSSR count). The topological polar surface area (TPSA) is 72.6 Å². The van der Waals surface area contributed by atoms with Crippen LogP contribution in [0.4, 0.5) is 0 Å². The van der Waals surface area contributed by atoms with Crippen LogP contribution >= 0.6 is 0 Å². The summed E-state index contributed by atoms with van der Waals surface area (Å²) in [7, 11) is 3.24. The third kappa shape index (κ3) is 4.80. The highest BCUT2D eigenvalue weighted by atomic mass is 16.5. The number of hydrogen-bond acceptors (Lipinski definition) is 4. The third-order valence-corrected chi connectivity index (χ3v) is 5.71. The summed E-state index contributed by atoms with van der Waals surface area (Å²) in [6.45, 7) is 2.92. The zero-order valence-electron chi connectivity index (χ0n) is 19.1. The molecule has 1 atom stereocenters. The summed E-state index contributed by atoms with van der Waals surface area (Å²) in [5, 5.41) is 4.22. The van der Waals surface area contributed by atoms with Gasteiger partial charge in [0, 0.05) is 35.1 Å². The van der Waals surface area contributed by atoms with Crippen LogP contribution in [0.1, 0.15) is 34.3 Å². The zero-order valence-corrected chi connectivity index (χ0v) is 19.1. The van der Waals surface area contributed by atoms with Crippen molar-refractivity contribution in [3.05, 3.63) is 89.6 Å². The van der Waals surface area contributed by atoms with Crippen LogP contribution in [0.15, 0.2) is 72.9 Å². The maximum atomic E-state index is 12.9. The summed E-state index contributed by atoms with van der Waals surface area (Å²) in [6.07, 6.45) is 2.01. The van der Waals surface area contributed by atoms with Gasteiger partial charge in [0.15, 0.2) is 11.5 Å². The summed E-state index contributed by atoms with van der Waals surface area (Å²) in [5.74, 6) is 1.85. The Kier molecular flexibility index (Phi) is 6.83. The standard InChI is InChI=1S/C27H28N2O4/c1-4-33-25-14-11-19(15-26(25)32-3)22(23-17-28-24-8-6-5-7-21(23)24)16-29-27(30)18-9-12-20(31-2)13-10-18/h5-15,17,22,28H,4,16H2,1-3H3,(H,29,30)/t22-/m0/s1. The number of hydrogen-bond donors (Lipinski definition) is 2. The second-order valence-electron chi connectivity index (χ2n) is 7.62. The van der Waals surface area contributed by atoms with Crippen LogP contribution in [0.5, 0.6) is 17.2 Å². The number of fused-ring (bicyclic) bond motifs is 1. The van der Waals surface area contributed by atoms with E-state index >= 15 is 0 Å². The van der Waals surface area contributed by atoms with Crippen LogP contribution in [0.2, 0.25) is 0 Å². The van der Waals surface area contributed by atoms with E-state index in [4.69, 9.17) is 14.2 Å². The molecule has 33 heavy (non-hydrogen) atoms. The highest BCUT2D eigenvalue weighted by Crippen LogP contribution is 2.36. The second-order valence-corrected chi connectivity index (χ2v) is 7.62. The molecule has 3 aromatic carbocycles. The first-order chi connectivity index (χ1) is 16.1. The molecule has 0 fully saturated rings. The van der Waals surface area contributed by atoms with Gasteiger partial charge in [0.05, 0.1) is 20.8 Å². The Morgan fingerprint density at radius 3 is 2.48 bits per heavy atom. The Morgan fingerprint density at radius 2 is 1.76 bits per heavy atom. The minimum absolute atomic E-state index is 0.0899. The van der Waals surface area contributed by atoms with Crippen molar-refractivity contribution in [2.24, 2.45) is 0 Å². The van der Waals surface area contributed by atoms with Crippen molar-refractivity contribution in [3.63, 3.8) is 0 Å². The molecule has 1 amide bonds. The fourth-order valence-electron chi connectivity index (χ4n) is 4.00. The molecule has 0 unspecified atom stereocenters. The van der Waals surface area contributed by atoms with Gasteiger partial charge in [-0.2, -0.15) is 0 Å². The Bertz CT molecular complexity index is 1230. The molecule has 170 valence electrons. The molecule has 0 saturated carbocycles. The average Bonchev–Trinajstić information content (AvgIpc) is 3.29. The molecule has 0 aliphatic rings. The molecular formula is C27H28N2O4. The van der Waals surface area contributed by atoms with Crippen LogP contribution in [0.3, 0.4) is 0 Å². The van der Waals surface area contributed by atoms with Crippen molar-refractivity contribution < 1.29 is 19.0 Å². The van der Waals surface area contributed by atoms with Crippen LogP contribution in [-0.4, -0.2) is 38.3 Å². The first kappa shape index (κ1) is 22.3. The molecule has 6 heteroatoms. The van der Waals surface area contributed by atoms with Crippen LogP contribution in [0.25, 0.3) is 10.9 Å². The van der Waals surface area contributed by atoms with Gasteiger partial charge in [0.2, 0.25) is 0 Å². The fourth-order valence-corrected chi connectivity index (χ4v) is 4.00. The Labute approximate surface area is 193 Å². The van der Waals surface area contributed by atoms with E-state index in [2.05, 4.69) is 16.4 Å². The monoisotopic (exact) mass is 444 g/mol. The van der Waals surface area contributed by atoms with E-state index in [0.29, 0.717) is 36.0 Å². The maximum absolute atomic E-state index is 12.9. The number of ether oxygens (including phenoxy) is 3. The third-order valence-electron chi connectivity index (χ3n) is 5.71. The quantitative estimate of drug-likeness (QED) is 0.375. The van der Waals surface area contributed by atoms with E-state index in [1.165, 1.54) is 0 Å². The fraction of sp³-hybridized carbons (Fsp3) is 0.222. The van der Waals surface area contributed by atoms with Crippen molar-refractivity contribution >= 4 is 16.8 Å². The molecule has 0 aliphatic heterocycles. The van der Waals surface area contributed by atoms with Gasteiger partial charge in [-0.3, -0.25) is 4.79 Å². The number of carbonyl (C=O) groups excluding carboxylic acids is 1. The lowest BCUT2D eigenvalue weighted by Gasteiger charge is -2.20. The predicted octanol–water partition coefficient (Wildman–Crippen LogP) is 5.15. The van der Waals surface area contributed by atoms with E-state index in [-0.39, 0.29) is 11.8 Å². The molecule has 1 aromatic heterocycles. The van der Waals surface area contributed by atoms with E-state index in [9.17, 15) is 4.79 Å². The molecule has 0 spiro atoms. The normalized spacial score (nSPS) is 11.7. The van der Waals surface area contributed by atoms with Gasteiger partial charge in [-0.05, 0) is 60.5 Å². The van der Waals surface area contributed by atoms with E-state index in [1.54, 1.807) is 38.5 Å². The predicted molar refractivity (Wildman–Crippen MR) is 130 cm³/mol. The lowest BCUT2D eigenvalue weighted by Crippen LogP contribution is -2.28. The number of aromatic nitrogens is 1. The van der Waals surface area contributed by atoms with E-state index in [1.807, 2.05) is 49.5 Å². The minimum atomic E-state index is -0.139. The first-order valence-electron chi connectivity index (χ1n) is 10.9. The largest absolute Gasteiger partial charge is 0.497 e. The van der Waals surface area contributed by atoms with E-state index in [0.717, 1.165) is 22.0 Å². The summed E-state index contributed by atoms with van der Waals surface area (Å²) >= 11 is 0. The van der Waals surface area contributed by atoms with E-state index < -0.39 is 0 Å². The molecule has 0 aliphatic carbocycles. The lowest BCUT2D eigenvalue weighted by atomic mass is 9.90. The number of para-hydroxylation sites is 1. The lowest BCUT2D eigenvalue weighted by molar-refractivity contribution is 0.0952. The van der Waals surface area contributed by atoms with Gasteiger partial charge >= 0.3 is 0 Å². The Morgan fingerprint density at radius 1 is 0.970 bits per heavy atom. The van der Waals surface area contributed by atoms with Gasteiger partial charge < -0.3 is 24.5 Å². The summed E-state index contributed by atoms with van der Waals surface area (Å²) in [5.41, 5.74) is 3.76. The van der Waals surface area contributed by atoms with Gasteiger partial charge in [-0.1, -0.05) is 24.3 Å². The van der Waals surface area contributed by atoms with Crippen LogP contribution in [0, 0.1) is 0 Å². The number of methoxy groups -OCH3 is 2. The second kappa shape index (κ2) is 10.1. The van der Waals surface area contributed by atoms with Gasteiger partial charge in [-0.25, -0.2) is 0 Å². The highest BCUT2D eigenvalue weighted by molar-refractivity contribution is 5.94. The Hall–Kier alpha value is -3.93. The average molecular weight is 445 g/mol. The molecule has 4 aromatic rings. The van der Waals surface area contributed by atoms with Crippen molar-refractivity contribution in [1.29, 1.82) is 0 Å². The number of aromatic amines is 1. The smallest absolute Gasteiger partial charge is 0.251 e. The summed E-state index contributed by atoms with van der Waals surface area (Å²) < 4.78 is 16.5. The number of H-pyrrole nitrogens is 1. The highest BCUT2D eigenvalue weighted by Gasteiger charge is 2.21. The summed E-state index contributed by atoms with van der Waals surface area (Å²) in [6, 6.07) is 21.2. The zero-order chi connectivity index (χ0) is 23.2. The molecule has 0 bridgehead atoms. The number of benzene rings is 3. The number of carbonyl (C=O) groups is 1. The van der Waals surface area contributed by atoms with Crippen LogP contribution in [-0.2, 0) is 0 Å². The van der Waals surface area contributed by atoms with Crippen molar-refractivity contribution in [1.82, 2.24) is 10.3 Å². The number of nitrogens with one attached hydrogen (secondary N) is 2. The SMILES string of the molecule is CCOc1ccc([C@H](CNC(=O)c2ccc(OC)cc2)c2c[nH]c3ccccc23)cc1OC. The summed E-state index contributed by atoms with van der Waals surface area (Å²) in [4.78, 5) is 16.2. The molecule has 0 radical (unpaired) electrons. The number of amides is 1. The molecule has 1 heterocycles. The number of rotatable bonds is 9. The van der Waals surface area contributed by atoms with Crippen LogP contribution < -0.4 is 19.5 Å². The van der Waals surface area contributed by atoms with Crippen molar-refractivity contribution in [2.75, 3.05) is 27.4 Å². The van der Waals surface area contributed by atoms with Crippen molar-refractivity contribution in [2.45, 2.75) is 12.8 Å². The van der Waals surface area contributed by atoms with Crippen molar-refractivity contribution in [3.8, 4) is 17.2 Å².